The summed E-state index contributed by atoms with van der Waals surface area (Å²) in [7, 11) is 3.59. The van der Waals surface area contributed by atoms with Crippen LogP contribution in [-0.2, 0) is 20.6 Å². The van der Waals surface area contributed by atoms with E-state index in [1.165, 1.54) is 0 Å². The smallest absolute Gasteiger partial charge is 0.327 e. The van der Waals surface area contributed by atoms with Crippen molar-refractivity contribution in [2.75, 3.05) is 0 Å². The molecule has 0 unspecified atom stereocenters. The van der Waals surface area contributed by atoms with Gasteiger partial charge in [-0.3, -0.25) is 14.1 Å². The van der Waals surface area contributed by atoms with Crippen molar-refractivity contribution in [1.29, 1.82) is 0 Å². The Bertz CT molecular complexity index is 1070. The fraction of sp³-hybridized carbons (Fsp3) is 0.167. The Morgan fingerprint density at radius 2 is 1.71 bits per heavy atom. The normalized spacial score (nSPS) is 11.2. The Kier molecular flexibility index (Phi) is 3.30. The van der Waals surface area contributed by atoms with Crippen molar-refractivity contribution < 1.29 is 0 Å². The first-order valence-corrected chi connectivity index (χ1v) is 7.71. The summed E-state index contributed by atoms with van der Waals surface area (Å²) >= 11 is 0. The molecule has 0 spiro atoms. The summed E-state index contributed by atoms with van der Waals surface area (Å²) in [4.78, 5) is 20.6. The van der Waals surface area contributed by atoms with Crippen molar-refractivity contribution in [2.45, 2.75) is 6.54 Å². The third-order valence-corrected chi connectivity index (χ3v) is 4.34. The van der Waals surface area contributed by atoms with E-state index in [1.807, 2.05) is 24.4 Å². The van der Waals surface area contributed by atoms with Crippen molar-refractivity contribution in [1.82, 2.24) is 23.7 Å². The highest BCUT2D eigenvalue weighted by molar-refractivity contribution is 5.76. The van der Waals surface area contributed by atoms with E-state index in [9.17, 15) is 4.79 Å². The number of aryl methyl sites for hydroxylation is 2. The van der Waals surface area contributed by atoms with Gasteiger partial charge in [0.25, 0.3) is 0 Å². The van der Waals surface area contributed by atoms with Crippen LogP contribution in [0.15, 0.2) is 59.9 Å². The van der Waals surface area contributed by atoms with E-state index in [2.05, 4.69) is 26.7 Å². The summed E-state index contributed by atoms with van der Waals surface area (Å²) in [6.07, 6.45) is 7.29. The highest BCUT2D eigenvalue weighted by atomic mass is 16.1. The zero-order chi connectivity index (χ0) is 16.7. The van der Waals surface area contributed by atoms with E-state index in [4.69, 9.17) is 0 Å². The van der Waals surface area contributed by atoms with E-state index in [0.717, 1.165) is 28.0 Å². The summed E-state index contributed by atoms with van der Waals surface area (Å²) < 4.78 is 5.44. The molecule has 3 heterocycles. The molecule has 0 radical (unpaired) electrons. The predicted molar refractivity (Wildman–Crippen MR) is 92.7 cm³/mol. The van der Waals surface area contributed by atoms with Crippen molar-refractivity contribution >= 4 is 11.0 Å². The van der Waals surface area contributed by atoms with Crippen LogP contribution >= 0.6 is 0 Å². The molecule has 0 atom stereocenters. The van der Waals surface area contributed by atoms with Crippen LogP contribution in [0.3, 0.4) is 0 Å². The maximum absolute atomic E-state index is 12.1. The molecule has 0 bridgehead atoms. The number of benzene rings is 1. The quantitative estimate of drug-likeness (QED) is 0.581. The number of rotatable bonds is 3. The molecule has 3 aromatic heterocycles. The standard InChI is InChI=1S/C18H17N5O/c1-21-15-4-3-13(11-16(15)22(2)18(21)24)12-23-10-9-20-17(23)14-5-7-19-8-6-14/h3-11H,12H2,1-2H3. The SMILES string of the molecule is Cn1c(=O)n(C)c2cc(Cn3ccnc3-c3ccncc3)ccc21. The number of nitrogens with zero attached hydrogens (tertiary/aromatic N) is 5. The first kappa shape index (κ1) is 14.4. The zero-order valence-electron chi connectivity index (χ0n) is 13.5. The van der Waals surface area contributed by atoms with Crippen LogP contribution in [-0.4, -0.2) is 23.7 Å². The van der Waals surface area contributed by atoms with Gasteiger partial charge in [-0.2, -0.15) is 0 Å². The fourth-order valence-electron chi connectivity index (χ4n) is 3.05. The lowest BCUT2D eigenvalue weighted by Crippen LogP contribution is -2.19. The van der Waals surface area contributed by atoms with Crippen molar-refractivity contribution in [3.8, 4) is 11.4 Å². The van der Waals surface area contributed by atoms with E-state index in [0.29, 0.717) is 6.54 Å². The van der Waals surface area contributed by atoms with E-state index in [-0.39, 0.29) is 5.69 Å². The molecule has 0 N–H and O–H groups in total. The van der Waals surface area contributed by atoms with Gasteiger partial charge in [-0.25, -0.2) is 9.78 Å². The van der Waals surface area contributed by atoms with Gasteiger partial charge in [0.15, 0.2) is 0 Å². The van der Waals surface area contributed by atoms with Crippen LogP contribution in [0.5, 0.6) is 0 Å². The summed E-state index contributed by atoms with van der Waals surface area (Å²) in [5.74, 6) is 0.902. The summed E-state index contributed by atoms with van der Waals surface area (Å²) in [6, 6.07) is 10.0. The Morgan fingerprint density at radius 3 is 2.50 bits per heavy atom. The third kappa shape index (κ3) is 2.23. The first-order chi connectivity index (χ1) is 11.6. The van der Waals surface area contributed by atoms with Crippen LogP contribution < -0.4 is 5.69 Å². The minimum absolute atomic E-state index is 0.0118. The van der Waals surface area contributed by atoms with Crippen LogP contribution in [0.25, 0.3) is 22.4 Å². The Balaban J connectivity index is 1.75. The van der Waals surface area contributed by atoms with Crippen molar-refractivity contribution in [3.05, 3.63) is 71.2 Å². The third-order valence-electron chi connectivity index (χ3n) is 4.34. The van der Waals surface area contributed by atoms with Crippen LogP contribution in [0.1, 0.15) is 5.56 Å². The average Bonchev–Trinajstić information content (AvgIpc) is 3.15. The van der Waals surface area contributed by atoms with Gasteiger partial charge in [0, 0.05) is 51.0 Å². The molecule has 4 rings (SSSR count). The molecule has 6 heteroatoms. The molecule has 0 fully saturated rings. The molecule has 4 aromatic rings. The maximum atomic E-state index is 12.1. The fourth-order valence-corrected chi connectivity index (χ4v) is 3.05. The Hall–Kier alpha value is -3.15. The molecule has 0 saturated carbocycles. The monoisotopic (exact) mass is 319 g/mol. The molecule has 6 nitrogen and oxygen atoms in total. The number of hydrogen-bond donors (Lipinski definition) is 0. The van der Waals surface area contributed by atoms with Crippen LogP contribution in [0, 0.1) is 0 Å². The van der Waals surface area contributed by atoms with E-state index >= 15 is 0 Å². The number of aromatic nitrogens is 5. The second-order valence-corrected chi connectivity index (χ2v) is 5.84. The van der Waals surface area contributed by atoms with Gasteiger partial charge >= 0.3 is 5.69 Å². The number of hydrogen-bond acceptors (Lipinski definition) is 3. The molecule has 0 amide bonds. The second kappa shape index (κ2) is 5.49. The number of pyridine rings is 1. The molecule has 0 aliphatic heterocycles. The molecule has 120 valence electrons. The van der Waals surface area contributed by atoms with Gasteiger partial charge in [-0.05, 0) is 29.8 Å². The topological polar surface area (TPSA) is 57.6 Å². The minimum Gasteiger partial charge on any atom is -0.327 e. The highest BCUT2D eigenvalue weighted by Gasteiger charge is 2.10. The van der Waals surface area contributed by atoms with E-state index < -0.39 is 0 Å². The van der Waals surface area contributed by atoms with Gasteiger partial charge in [-0.15, -0.1) is 0 Å². The summed E-state index contributed by atoms with van der Waals surface area (Å²) in [6.45, 7) is 0.691. The molecular formula is C18H17N5O. The van der Waals surface area contributed by atoms with Crippen LogP contribution in [0.4, 0.5) is 0 Å². The lowest BCUT2D eigenvalue weighted by Gasteiger charge is -2.08. The molecule has 24 heavy (non-hydrogen) atoms. The Labute approximate surface area is 138 Å². The van der Waals surface area contributed by atoms with Gasteiger partial charge in [-0.1, -0.05) is 6.07 Å². The second-order valence-electron chi connectivity index (χ2n) is 5.84. The van der Waals surface area contributed by atoms with Crippen molar-refractivity contribution in [2.24, 2.45) is 14.1 Å². The van der Waals surface area contributed by atoms with Gasteiger partial charge in [0.05, 0.1) is 11.0 Å². The highest BCUT2D eigenvalue weighted by Crippen LogP contribution is 2.19. The van der Waals surface area contributed by atoms with Crippen LogP contribution in [0.2, 0.25) is 0 Å². The first-order valence-electron chi connectivity index (χ1n) is 7.71. The van der Waals surface area contributed by atoms with Gasteiger partial charge in [0.2, 0.25) is 0 Å². The molecule has 1 aromatic carbocycles. The molecule has 0 aliphatic carbocycles. The average molecular weight is 319 g/mol. The minimum atomic E-state index is -0.0118. The molecule has 0 aliphatic rings. The molecular weight excluding hydrogens is 302 g/mol. The zero-order valence-corrected chi connectivity index (χ0v) is 13.5. The van der Waals surface area contributed by atoms with Gasteiger partial charge < -0.3 is 4.57 Å². The van der Waals surface area contributed by atoms with Crippen molar-refractivity contribution in [3.63, 3.8) is 0 Å². The van der Waals surface area contributed by atoms with Gasteiger partial charge in [0.1, 0.15) is 5.82 Å². The maximum Gasteiger partial charge on any atom is 0.328 e. The molecule has 0 saturated heterocycles. The Morgan fingerprint density at radius 1 is 0.958 bits per heavy atom. The van der Waals surface area contributed by atoms with E-state index in [1.54, 1.807) is 41.8 Å². The lowest BCUT2D eigenvalue weighted by atomic mass is 10.2. The number of imidazole rings is 2. The largest absolute Gasteiger partial charge is 0.328 e. The lowest BCUT2D eigenvalue weighted by molar-refractivity contribution is 0.793. The summed E-state index contributed by atoms with van der Waals surface area (Å²) in [5, 5.41) is 0. The predicted octanol–water partition coefficient (Wildman–Crippen LogP) is 2.18. The number of fused-ring (bicyclic) bond motifs is 1. The summed E-state index contributed by atoms with van der Waals surface area (Å²) in [5.41, 5.74) is 4.01.